The number of carbonyl (C=O) groups is 1. The number of fused-ring (bicyclic) bond motifs is 1. The molecule has 2 aromatic carbocycles. The number of carbonyl (C=O) groups excluding carboxylic acids is 1. The van der Waals surface area contributed by atoms with E-state index in [0.29, 0.717) is 18.8 Å². The van der Waals surface area contributed by atoms with Gasteiger partial charge in [-0.2, -0.15) is 0 Å². The topological polar surface area (TPSA) is 95.2 Å². The van der Waals surface area contributed by atoms with Crippen LogP contribution in [-0.4, -0.2) is 35.6 Å². The first-order valence-corrected chi connectivity index (χ1v) is 11.3. The van der Waals surface area contributed by atoms with Gasteiger partial charge in [-0.3, -0.25) is 9.52 Å². The van der Waals surface area contributed by atoms with E-state index in [1.165, 1.54) is 19.2 Å². The van der Waals surface area contributed by atoms with Gasteiger partial charge in [-0.1, -0.05) is 0 Å². The summed E-state index contributed by atoms with van der Waals surface area (Å²) in [5.74, 6) is -0.825. The average molecular weight is 456 g/mol. The lowest BCUT2D eigenvalue weighted by Crippen LogP contribution is -2.13. The number of sulfonamides is 1. The molecule has 0 spiro atoms. The quantitative estimate of drug-likeness (QED) is 0.410. The fourth-order valence-corrected chi connectivity index (χ4v) is 4.51. The number of esters is 1. The second-order valence-corrected chi connectivity index (χ2v) is 8.88. The third kappa shape index (κ3) is 4.65. The van der Waals surface area contributed by atoms with Crippen LogP contribution >= 0.6 is 0 Å². The molecule has 0 saturated heterocycles. The van der Waals surface area contributed by atoms with Gasteiger partial charge < -0.3 is 13.9 Å². The van der Waals surface area contributed by atoms with Gasteiger partial charge in [0.25, 0.3) is 10.0 Å². The van der Waals surface area contributed by atoms with E-state index in [0.717, 1.165) is 28.6 Å². The first-order valence-electron chi connectivity index (χ1n) is 9.78. The molecule has 2 heterocycles. The zero-order valence-corrected chi connectivity index (χ0v) is 18.0. The van der Waals surface area contributed by atoms with Crippen LogP contribution in [0.4, 0.5) is 10.1 Å². The minimum atomic E-state index is -3.88. The lowest BCUT2D eigenvalue weighted by atomic mass is 10.1. The number of rotatable bonds is 8. The van der Waals surface area contributed by atoms with Crippen molar-refractivity contribution in [2.24, 2.45) is 0 Å². The van der Waals surface area contributed by atoms with E-state index in [4.69, 9.17) is 4.74 Å². The molecule has 0 aliphatic rings. The Morgan fingerprint density at radius 1 is 1.19 bits per heavy atom. The number of aryl methyl sites for hydroxylation is 1. The van der Waals surface area contributed by atoms with Crippen molar-refractivity contribution in [2.45, 2.75) is 24.4 Å². The fourth-order valence-electron chi connectivity index (χ4n) is 3.46. The van der Waals surface area contributed by atoms with E-state index in [-0.39, 0.29) is 17.3 Å². The van der Waals surface area contributed by atoms with Gasteiger partial charge in [-0.05, 0) is 48.0 Å². The van der Waals surface area contributed by atoms with Crippen molar-refractivity contribution in [1.82, 2.24) is 14.1 Å². The molecule has 0 atom stereocenters. The molecule has 0 aliphatic carbocycles. The molecule has 0 amide bonds. The molecule has 0 unspecified atom stereocenters. The normalized spacial score (nSPS) is 11.6. The smallest absolute Gasteiger partial charge is 0.307 e. The van der Waals surface area contributed by atoms with Crippen molar-refractivity contribution in [3.8, 4) is 0 Å². The molecule has 10 heteroatoms. The molecule has 0 fully saturated rings. The van der Waals surface area contributed by atoms with Crippen molar-refractivity contribution in [3.63, 3.8) is 0 Å². The fraction of sp³-hybridized carbons (Fsp3) is 0.182. The van der Waals surface area contributed by atoms with Crippen LogP contribution in [0.25, 0.3) is 10.9 Å². The van der Waals surface area contributed by atoms with Crippen LogP contribution in [0.1, 0.15) is 12.0 Å². The van der Waals surface area contributed by atoms with Crippen molar-refractivity contribution < 1.29 is 22.3 Å². The lowest BCUT2D eigenvalue weighted by Gasteiger charge is -2.10. The summed E-state index contributed by atoms with van der Waals surface area (Å²) in [6.07, 6.45) is 7.35. The minimum Gasteiger partial charge on any atom is -0.469 e. The van der Waals surface area contributed by atoms with Crippen molar-refractivity contribution in [1.29, 1.82) is 0 Å². The molecule has 8 nitrogen and oxygen atoms in total. The predicted octanol–water partition coefficient (Wildman–Crippen LogP) is 3.39. The number of anilines is 1. The number of nitrogens with one attached hydrogen (secondary N) is 1. The Labute approximate surface area is 184 Å². The molecule has 0 radical (unpaired) electrons. The second kappa shape index (κ2) is 8.83. The highest BCUT2D eigenvalue weighted by Gasteiger charge is 2.16. The Hall–Kier alpha value is -3.66. The van der Waals surface area contributed by atoms with E-state index >= 15 is 0 Å². The van der Waals surface area contributed by atoms with Crippen LogP contribution in [0.3, 0.4) is 0 Å². The molecule has 0 bridgehead atoms. The summed E-state index contributed by atoms with van der Waals surface area (Å²) in [6.45, 7) is 0.948. The summed E-state index contributed by atoms with van der Waals surface area (Å²) in [7, 11) is -2.53. The molecule has 0 saturated carbocycles. The van der Waals surface area contributed by atoms with E-state index in [2.05, 4.69) is 9.71 Å². The highest BCUT2D eigenvalue weighted by atomic mass is 32.2. The Bertz CT molecular complexity index is 1350. The Morgan fingerprint density at radius 3 is 2.66 bits per heavy atom. The van der Waals surface area contributed by atoms with Crippen LogP contribution in [0, 0.1) is 5.82 Å². The van der Waals surface area contributed by atoms with Gasteiger partial charge in [0.15, 0.2) is 0 Å². The average Bonchev–Trinajstić information content (AvgIpc) is 3.40. The summed E-state index contributed by atoms with van der Waals surface area (Å²) >= 11 is 0. The molecule has 2 aromatic heterocycles. The van der Waals surface area contributed by atoms with Gasteiger partial charge in [-0.15, -0.1) is 0 Å². The summed E-state index contributed by atoms with van der Waals surface area (Å²) in [4.78, 5) is 15.6. The number of halogens is 1. The maximum atomic E-state index is 13.2. The molecule has 0 aliphatic heterocycles. The van der Waals surface area contributed by atoms with Crippen LogP contribution in [0.5, 0.6) is 0 Å². The van der Waals surface area contributed by atoms with Crippen molar-refractivity contribution in [3.05, 3.63) is 78.8 Å². The molecule has 4 aromatic rings. The number of benzene rings is 2. The van der Waals surface area contributed by atoms with Gasteiger partial charge in [0.05, 0.1) is 31.3 Å². The lowest BCUT2D eigenvalue weighted by molar-refractivity contribution is -0.140. The number of nitrogens with zero attached hydrogens (tertiary/aromatic N) is 3. The monoisotopic (exact) mass is 456 g/mol. The highest BCUT2D eigenvalue weighted by Crippen LogP contribution is 2.27. The Morgan fingerprint density at radius 2 is 1.97 bits per heavy atom. The maximum Gasteiger partial charge on any atom is 0.307 e. The number of methoxy groups -OCH3 is 1. The molecule has 4 rings (SSSR count). The summed E-state index contributed by atoms with van der Waals surface area (Å²) in [6, 6.07) is 9.82. The number of aromatic nitrogens is 3. The van der Waals surface area contributed by atoms with E-state index in [1.807, 2.05) is 21.5 Å². The SMILES string of the molecule is COC(=O)CCn1cc(Cn2ccnc2)c2cc(NS(=O)(=O)c3ccc(F)cc3)ccc21. The summed E-state index contributed by atoms with van der Waals surface area (Å²) in [5, 5.41) is 0.836. The Kier molecular flexibility index (Phi) is 5.95. The zero-order valence-electron chi connectivity index (χ0n) is 17.2. The summed E-state index contributed by atoms with van der Waals surface area (Å²) < 4.78 is 49.7. The highest BCUT2D eigenvalue weighted by molar-refractivity contribution is 7.92. The molecule has 166 valence electrons. The van der Waals surface area contributed by atoms with Crippen LogP contribution in [0.2, 0.25) is 0 Å². The van der Waals surface area contributed by atoms with E-state index in [9.17, 15) is 17.6 Å². The van der Waals surface area contributed by atoms with Crippen molar-refractivity contribution >= 4 is 32.6 Å². The standard InChI is InChI=1S/C22H21FN4O4S/c1-31-22(28)8-10-27-14-16(13-26-11-9-24-15-26)20-12-18(4-7-21(20)27)25-32(29,30)19-5-2-17(23)3-6-19/h2-7,9,11-12,14-15,25H,8,10,13H2,1H3. The predicted molar refractivity (Wildman–Crippen MR) is 117 cm³/mol. The largest absolute Gasteiger partial charge is 0.469 e. The molecule has 1 N–H and O–H groups in total. The summed E-state index contributed by atoms with van der Waals surface area (Å²) in [5.41, 5.74) is 2.17. The van der Waals surface area contributed by atoms with Gasteiger partial charge in [0.2, 0.25) is 0 Å². The van der Waals surface area contributed by atoms with E-state index in [1.54, 1.807) is 30.7 Å². The number of hydrogen-bond acceptors (Lipinski definition) is 5. The van der Waals surface area contributed by atoms with Crippen LogP contribution in [0.15, 0.2) is 72.3 Å². The third-order valence-electron chi connectivity index (χ3n) is 5.04. The van der Waals surface area contributed by atoms with Gasteiger partial charge >= 0.3 is 5.97 Å². The van der Waals surface area contributed by atoms with Crippen LogP contribution in [-0.2, 0) is 32.6 Å². The number of imidazole rings is 1. The number of ether oxygens (including phenoxy) is 1. The van der Waals surface area contributed by atoms with Crippen LogP contribution < -0.4 is 4.72 Å². The van der Waals surface area contributed by atoms with Gasteiger partial charge in [0.1, 0.15) is 5.82 Å². The molecular formula is C22H21FN4O4S. The second-order valence-electron chi connectivity index (χ2n) is 7.20. The maximum absolute atomic E-state index is 13.2. The van der Waals surface area contributed by atoms with Gasteiger partial charge in [-0.25, -0.2) is 17.8 Å². The Balaban J connectivity index is 1.69. The zero-order chi connectivity index (χ0) is 22.7. The first kappa shape index (κ1) is 21.6. The molecular weight excluding hydrogens is 435 g/mol. The van der Waals surface area contributed by atoms with Gasteiger partial charge in [0, 0.05) is 41.7 Å². The van der Waals surface area contributed by atoms with Crippen molar-refractivity contribution in [2.75, 3.05) is 11.8 Å². The van der Waals surface area contributed by atoms with E-state index < -0.39 is 15.8 Å². The molecule has 32 heavy (non-hydrogen) atoms. The third-order valence-corrected chi connectivity index (χ3v) is 6.43. The number of hydrogen-bond donors (Lipinski definition) is 1. The minimum absolute atomic E-state index is 0.0340. The first-order chi connectivity index (χ1) is 15.4.